The Hall–Kier alpha value is -1.32. The fourth-order valence-corrected chi connectivity index (χ4v) is 2.48. The van der Waals surface area contributed by atoms with E-state index in [-0.39, 0.29) is 0 Å². The van der Waals surface area contributed by atoms with E-state index in [1.807, 2.05) is 0 Å². The SMILES string of the molecule is CC1=C(NO)C[C@H](C)[NH+](Cc2ccccc2)C1. The minimum Gasteiger partial charge on any atom is -0.325 e. The van der Waals surface area contributed by atoms with Crippen molar-refractivity contribution >= 4 is 0 Å². The second kappa shape index (κ2) is 5.34. The topological polar surface area (TPSA) is 36.7 Å². The minimum absolute atomic E-state index is 0.536. The lowest BCUT2D eigenvalue weighted by Crippen LogP contribution is -3.15. The molecule has 0 radical (unpaired) electrons. The van der Waals surface area contributed by atoms with Gasteiger partial charge in [0.1, 0.15) is 13.1 Å². The molecule has 0 fully saturated rings. The van der Waals surface area contributed by atoms with E-state index >= 15 is 0 Å². The first-order valence-electron chi connectivity index (χ1n) is 6.18. The van der Waals surface area contributed by atoms with Gasteiger partial charge in [-0.15, -0.1) is 0 Å². The van der Waals surface area contributed by atoms with Crippen LogP contribution in [0.5, 0.6) is 0 Å². The molecule has 1 heterocycles. The van der Waals surface area contributed by atoms with Crippen LogP contribution < -0.4 is 10.4 Å². The Morgan fingerprint density at radius 3 is 2.71 bits per heavy atom. The number of rotatable bonds is 3. The Morgan fingerprint density at radius 1 is 1.35 bits per heavy atom. The van der Waals surface area contributed by atoms with Crippen molar-refractivity contribution in [2.75, 3.05) is 6.54 Å². The standard InChI is InChI=1S/C14H20N2O/c1-11-9-16(12(2)8-14(11)15-17)10-13-6-4-3-5-7-13/h3-7,12,15,17H,8-10H2,1-2H3/p+1/t12-/m0/s1. The van der Waals surface area contributed by atoms with E-state index in [2.05, 4.69) is 49.7 Å². The predicted molar refractivity (Wildman–Crippen MR) is 67.7 cm³/mol. The molecule has 1 aromatic rings. The molecule has 92 valence electrons. The van der Waals surface area contributed by atoms with Crippen LogP contribution in [0, 0.1) is 0 Å². The molecule has 3 nitrogen and oxygen atoms in total. The molecule has 0 saturated heterocycles. The number of nitrogens with one attached hydrogen (secondary N) is 2. The van der Waals surface area contributed by atoms with Gasteiger partial charge in [-0.3, -0.25) is 10.7 Å². The molecule has 0 spiro atoms. The van der Waals surface area contributed by atoms with Gasteiger partial charge in [0.2, 0.25) is 0 Å². The smallest absolute Gasteiger partial charge is 0.103 e. The van der Waals surface area contributed by atoms with Crippen molar-refractivity contribution in [1.82, 2.24) is 5.48 Å². The molecule has 0 amide bonds. The normalized spacial score (nSPS) is 24.9. The van der Waals surface area contributed by atoms with E-state index in [1.165, 1.54) is 11.1 Å². The maximum atomic E-state index is 9.04. The Morgan fingerprint density at radius 2 is 2.06 bits per heavy atom. The summed E-state index contributed by atoms with van der Waals surface area (Å²) in [6.45, 7) is 6.38. The lowest BCUT2D eigenvalue weighted by atomic mass is 10.0. The molecule has 3 N–H and O–H groups in total. The van der Waals surface area contributed by atoms with Crippen molar-refractivity contribution < 1.29 is 10.1 Å². The largest absolute Gasteiger partial charge is 0.325 e. The summed E-state index contributed by atoms with van der Waals surface area (Å²) in [7, 11) is 0. The van der Waals surface area contributed by atoms with Crippen molar-refractivity contribution in [3.63, 3.8) is 0 Å². The quantitative estimate of drug-likeness (QED) is 0.684. The van der Waals surface area contributed by atoms with E-state index in [9.17, 15) is 0 Å². The second-order valence-corrected chi connectivity index (χ2v) is 4.97. The third-order valence-electron chi connectivity index (χ3n) is 3.62. The molecule has 2 rings (SSSR count). The van der Waals surface area contributed by atoms with Gasteiger partial charge in [-0.1, -0.05) is 30.3 Å². The molecule has 0 saturated carbocycles. The lowest BCUT2D eigenvalue weighted by molar-refractivity contribution is -0.934. The van der Waals surface area contributed by atoms with Crippen molar-refractivity contribution in [3.8, 4) is 0 Å². The Kier molecular flexibility index (Phi) is 3.82. The monoisotopic (exact) mass is 233 g/mol. The zero-order valence-corrected chi connectivity index (χ0v) is 10.5. The number of hydroxylamine groups is 1. The minimum atomic E-state index is 0.536. The van der Waals surface area contributed by atoms with Crippen LogP contribution in [0.3, 0.4) is 0 Å². The van der Waals surface area contributed by atoms with E-state index in [0.717, 1.165) is 25.2 Å². The van der Waals surface area contributed by atoms with Gasteiger partial charge in [0.15, 0.2) is 0 Å². The summed E-state index contributed by atoms with van der Waals surface area (Å²) in [4.78, 5) is 1.56. The summed E-state index contributed by atoms with van der Waals surface area (Å²) in [6, 6.07) is 11.1. The van der Waals surface area contributed by atoms with E-state index in [1.54, 1.807) is 4.90 Å². The average molecular weight is 233 g/mol. The first kappa shape index (κ1) is 12.1. The summed E-state index contributed by atoms with van der Waals surface area (Å²) >= 11 is 0. The number of benzene rings is 1. The van der Waals surface area contributed by atoms with Crippen LogP contribution in [0.1, 0.15) is 25.8 Å². The fraction of sp³-hybridized carbons (Fsp3) is 0.429. The molecular formula is C14H21N2O+. The van der Waals surface area contributed by atoms with Crippen molar-refractivity contribution in [2.24, 2.45) is 0 Å². The average Bonchev–Trinajstić information content (AvgIpc) is 2.34. The molecule has 2 atom stereocenters. The van der Waals surface area contributed by atoms with Gasteiger partial charge < -0.3 is 4.90 Å². The van der Waals surface area contributed by atoms with Gasteiger partial charge in [0, 0.05) is 23.3 Å². The zero-order chi connectivity index (χ0) is 12.3. The Labute approximate surface area is 103 Å². The van der Waals surface area contributed by atoms with Crippen LogP contribution in [0.4, 0.5) is 0 Å². The molecule has 3 heteroatoms. The first-order chi connectivity index (χ1) is 8.20. The molecule has 1 unspecified atom stereocenters. The number of hydrogen-bond donors (Lipinski definition) is 3. The highest BCUT2D eigenvalue weighted by Crippen LogP contribution is 2.10. The molecule has 1 aliphatic rings. The van der Waals surface area contributed by atoms with Gasteiger partial charge in [-0.2, -0.15) is 0 Å². The van der Waals surface area contributed by atoms with E-state index in [4.69, 9.17) is 5.21 Å². The van der Waals surface area contributed by atoms with Crippen LogP contribution >= 0.6 is 0 Å². The molecule has 17 heavy (non-hydrogen) atoms. The van der Waals surface area contributed by atoms with Gasteiger partial charge in [-0.05, 0) is 13.8 Å². The summed E-state index contributed by atoms with van der Waals surface area (Å²) < 4.78 is 0. The summed E-state index contributed by atoms with van der Waals surface area (Å²) in [5, 5.41) is 9.04. The van der Waals surface area contributed by atoms with Gasteiger partial charge in [0.25, 0.3) is 0 Å². The third-order valence-corrected chi connectivity index (χ3v) is 3.62. The molecule has 1 aromatic carbocycles. The third kappa shape index (κ3) is 2.87. The highest BCUT2D eigenvalue weighted by Gasteiger charge is 2.26. The Bertz CT molecular complexity index is 400. The van der Waals surface area contributed by atoms with Crippen LogP contribution in [0.2, 0.25) is 0 Å². The summed E-state index contributed by atoms with van der Waals surface area (Å²) in [6.07, 6.45) is 0.921. The zero-order valence-electron chi connectivity index (χ0n) is 10.5. The highest BCUT2D eigenvalue weighted by molar-refractivity contribution is 5.15. The van der Waals surface area contributed by atoms with Crippen molar-refractivity contribution in [3.05, 3.63) is 47.2 Å². The lowest BCUT2D eigenvalue weighted by Gasteiger charge is -2.32. The first-order valence-corrected chi connectivity index (χ1v) is 6.18. The maximum absolute atomic E-state index is 9.04. The van der Waals surface area contributed by atoms with Crippen LogP contribution in [-0.4, -0.2) is 17.8 Å². The molecular weight excluding hydrogens is 212 g/mol. The highest BCUT2D eigenvalue weighted by atomic mass is 16.5. The number of hydrogen-bond acceptors (Lipinski definition) is 2. The van der Waals surface area contributed by atoms with Crippen LogP contribution in [-0.2, 0) is 6.54 Å². The second-order valence-electron chi connectivity index (χ2n) is 4.97. The molecule has 0 aliphatic carbocycles. The molecule has 1 aliphatic heterocycles. The van der Waals surface area contributed by atoms with Gasteiger partial charge >= 0.3 is 0 Å². The van der Waals surface area contributed by atoms with E-state index in [0.29, 0.717) is 6.04 Å². The van der Waals surface area contributed by atoms with Gasteiger partial charge in [0.05, 0.1) is 6.04 Å². The molecule has 0 bridgehead atoms. The van der Waals surface area contributed by atoms with Crippen LogP contribution in [0.15, 0.2) is 41.6 Å². The van der Waals surface area contributed by atoms with Crippen LogP contribution in [0.25, 0.3) is 0 Å². The van der Waals surface area contributed by atoms with Crippen molar-refractivity contribution in [2.45, 2.75) is 32.9 Å². The van der Waals surface area contributed by atoms with Gasteiger partial charge in [-0.25, -0.2) is 0 Å². The summed E-state index contributed by atoms with van der Waals surface area (Å²) in [5.41, 5.74) is 5.97. The molecule has 0 aromatic heterocycles. The summed E-state index contributed by atoms with van der Waals surface area (Å²) in [5.74, 6) is 0. The van der Waals surface area contributed by atoms with E-state index < -0.39 is 0 Å². The fourth-order valence-electron chi connectivity index (χ4n) is 2.48. The Balaban J connectivity index is 2.06. The maximum Gasteiger partial charge on any atom is 0.103 e. The predicted octanol–water partition coefficient (Wildman–Crippen LogP) is 1.12. The van der Waals surface area contributed by atoms with Crippen molar-refractivity contribution in [1.29, 1.82) is 0 Å². The number of quaternary nitrogens is 1.